The van der Waals surface area contributed by atoms with Crippen LogP contribution < -0.4 is 10.2 Å². The average Bonchev–Trinajstić information content (AvgIpc) is 2.82. The van der Waals surface area contributed by atoms with Crippen molar-refractivity contribution in [1.82, 2.24) is 15.3 Å². The Labute approximate surface area is 221 Å². The molecule has 0 bridgehead atoms. The highest BCUT2D eigenvalue weighted by molar-refractivity contribution is 8.00. The molecule has 37 heavy (non-hydrogen) atoms. The molecule has 0 aliphatic heterocycles. The zero-order valence-electron chi connectivity index (χ0n) is 21.8. The summed E-state index contributed by atoms with van der Waals surface area (Å²) in [6.45, 7) is 4.84. The van der Waals surface area contributed by atoms with E-state index < -0.39 is 5.51 Å². The third-order valence-corrected chi connectivity index (χ3v) is 7.06. The highest BCUT2D eigenvalue weighted by atomic mass is 32.2. The van der Waals surface area contributed by atoms with Crippen molar-refractivity contribution in [1.29, 1.82) is 0 Å². The molecule has 1 N–H and O–H groups in total. The summed E-state index contributed by atoms with van der Waals surface area (Å²) in [4.78, 5) is 22.9. The van der Waals surface area contributed by atoms with Crippen LogP contribution in [0.3, 0.4) is 0 Å². The fourth-order valence-electron chi connectivity index (χ4n) is 4.41. The standard InChI is InChI=1S/C17H22F3NOS.C11H13N3/c1-12-5-7-13(8-6-12)11-21-16(22)10-14-3-2-4-15(9-14)23-17(18,19)20;1-8-12-10-7-5-4-6-9(10)11(13-8)14(2)3/h2-4,9,12-13H,5-8,10-11H2,1H3,(H,21,22);4-7H,1-3H3. The number of para-hydroxylation sites is 1. The molecule has 0 saturated heterocycles. The number of carbonyl (C=O) groups is 1. The Morgan fingerprint density at radius 1 is 1.05 bits per heavy atom. The minimum absolute atomic E-state index is 0.115. The average molecular weight is 533 g/mol. The summed E-state index contributed by atoms with van der Waals surface area (Å²) in [5, 5.41) is 4.02. The first-order valence-corrected chi connectivity index (χ1v) is 13.3. The quantitative estimate of drug-likeness (QED) is 0.354. The summed E-state index contributed by atoms with van der Waals surface area (Å²) in [6, 6.07) is 14.1. The third kappa shape index (κ3) is 9.54. The van der Waals surface area contributed by atoms with Crippen molar-refractivity contribution in [3.05, 3.63) is 59.9 Å². The summed E-state index contributed by atoms with van der Waals surface area (Å²) in [5.74, 6) is 2.97. The molecule has 0 radical (unpaired) electrons. The van der Waals surface area contributed by atoms with Gasteiger partial charge >= 0.3 is 5.51 Å². The minimum Gasteiger partial charge on any atom is -0.362 e. The zero-order valence-corrected chi connectivity index (χ0v) is 22.6. The van der Waals surface area contributed by atoms with Crippen LogP contribution in [0.1, 0.15) is 44.0 Å². The van der Waals surface area contributed by atoms with E-state index in [0.717, 1.165) is 41.3 Å². The molecular weight excluding hydrogens is 497 g/mol. The third-order valence-electron chi connectivity index (χ3n) is 6.34. The number of alkyl halides is 3. The van der Waals surface area contributed by atoms with Gasteiger partial charge in [0.1, 0.15) is 11.6 Å². The van der Waals surface area contributed by atoms with Crippen molar-refractivity contribution >= 4 is 34.4 Å². The monoisotopic (exact) mass is 532 g/mol. The molecular formula is C28H35F3N4OS. The Balaban J connectivity index is 0.000000231. The second kappa shape index (κ2) is 13.1. The lowest BCUT2D eigenvalue weighted by atomic mass is 9.83. The number of thioether (sulfide) groups is 1. The normalized spacial score (nSPS) is 17.6. The first kappa shape index (κ1) is 28.8. The first-order valence-electron chi connectivity index (χ1n) is 12.5. The minimum atomic E-state index is -4.31. The number of hydrogen-bond donors (Lipinski definition) is 1. The summed E-state index contributed by atoms with van der Waals surface area (Å²) in [5.41, 5.74) is -2.70. The Kier molecular flexibility index (Phi) is 10.2. The van der Waals surface area contributed by atoms with Crippen molar-refractivity contribution in [2.24, 2.45) is 11.8 Å². The summed E-state index contributed by atoms with van der Waals surface area (Å²) < 4.78 is 37.1. The second-order valence-electron chi connectivity index (χ2n) is 9.81. The summed E-state index contributed by atoms with van der Waals surface area (Å²) in [6.07, 6.45) is 4.81. The van der Waals surface area contributed by atoms with Crippen LogP contribution in [0.5, 0.6) is 0 Å². The van der Waals surface area contributed by atoms with Crippen LogP contribution in [0.15, 0.2) is 53.4 Å². The topological polar surface area (TPSA) is 58.1 Å². The van der Waals surface area contributed by atoms with Crippen LogP contribution in [-0.4, -0.2) is 42.0 Å². The van der Waals surface area contributed by atoms with E-state index in [1.54, 1.807) is 12.1 Å². The Morgan fingerprint density at radius 2 is 1.76 bits per heavy atom. The number of benzene rings is 2. The first-order chi connectivity index (χ1) is 17.5. The lowest BCUT2D eigenvalue weighted by Gasteiger charge is -2.26. The van der Waals surface area contributed by atoms with Crippen molar-refractivity contribution < 1.29 is 18.0 Å². The predicted octanol–water partition coefficient (Wildman–Crippen LogP) is 6.79. The Hall–Kier alpha value is -2.81. The maximum absolute atomic E-state index is 12.4. The lowest BCUT2D eigenvalue weighted by molar-refractivity contribution is -0.120. The van der Waals surface area contributed by atoms with E-state index in [2.05, 4.69) is 22.2 Å². The van der Waals surface area contributed by atoms with Crippen molar-refractivity contribution in [3.8, 4) is 0 Å². The van der Waals surface area contributed by atoms with Crippen LogP contribution in [-0.2, 0) is 11.2 Å². The molecule has 1 heterocycles. The van der Waals surface area contributed by atoms with Gasteiger partial charge in [-0.15, -0.1) is 0 Å². The van der Waals surface area contributed by atoms with Gasteiger partial charge in [-0.1, -0.05) is 44.0 Å². The van der Waals surface area contributed by atoms with Gasteiger partial charge in [0.2, 0.25) is 5.91 Å². The number of hydrogen-bond acceptors (Lipinski definition) is 5. The number of fused-ring (bicyclic) bond motifs is 1. The maximum Gasteiger partial charge on any atom is 0.446 e. The number of nitrogens with zero attached hydrogens (tertiary/aromatic N) is 3. The van der Waals surface area contributed by atoms with Gasteiger partial charge in [-0.05, 0) is 73.2 Å². The van der Waals surface area contributed by atoms with E-state index in [1.165, 1.54) is 25.0 Å². The van der Waals surface area contributed by atoms with Gasteiger partial charge in [0, 0.05) is 30.9 Å². The highest BCUT2D eigenvalue weighted by Crippen LogP contribution is 2.37. The molecule has 200 valence electrons. The molecule has 1 fully saturated rings. The predicted molar refractivity (Wildman–Crippen MR) is 145 cm³/mol. The number of halogens is 3. The summed E-state index contributed by atoms with van der Waals surface area (Å²) in [7, 11) is 3.99. The number of carbonyl (C=O) groups excluding carboxylic acids is 1. The second-order valence-corrected chi connectivity index (χ2v) is 10.9. The lowest BCUT2D eigenvalue weighted by Crippen LogP contribution is -2.32. The molecule has 5 nitrogen and oxygen atoms in total. The van der Waals surface area contributed by atoms with E-state index in [0.29, 0.717) is 18.0 Å². The van der Waals surface area contributed by atoms with Crippen LogP contribution in [0, 0.1) is 18.8 Å². The number of aryl methyl sites for hydroxylation is 1. The molecule has 4 rings (SSSR count). The number of anilines is 1. The van der Waals surface area contributed by atoms with Crippen LogP contribution in [0.2, 0.25) is 0 Å². The van der Waals surface area contributed by atoms with E-state index in [9.17, 15) is 18.0 Å². The number of rotatable bonds is 6. The largest absolute Gasteiger partial charge is 0.446 e. The maximum atomic E-state index is 12.4. The van der Waals surface area contributed by atoms with Crippen LogP contribution in [0.4, 0.5) is 19.0 Å². The summed E-state index contributed by atoms with van der Waals surface area (Å²) >= 11 is -0.153. The molecule has 2 aromatic carbocycles. The molecule has 1 amide bonds. The molecule has 0 spiro atoms. The Bertz CT molecular complexity index is 1180. The highest BCUT2D eigenvalue weighted by Gasteiger charge is 2.29. The molecule has 1 aliphatic carbocycles. The van der Waals surface area contributed by atoms with Gasteiger partial charge in [-0.2, -0.15) is 13.2 Å². The van der Waals surface area contributed by atoms with Crippen molar-refractivity contribution in [3.63, 3.8) is 0 Å². The van der Waals surface area contributed by atoms with Gasteiger partial charge in [0.25, 0.3) is 0 Å². The molecule has 1 aromatic heterocycles. The number of aromatic nitrogens is 2. The smallest absolute Gasteiger partial charge is 0.362 e. The fourth-order valence-corrected chi connectivity index (χ4v) is 5.03. The van der Waals surface area contributed by atoms with E-state index in [4.69, 9.17) is 0 Å². The van der Waals surface area contributed by atoms with Crippen LogP contribution >= 0.6 is 11.8 Å². The van der Waals surface area contributed by atoms with Gasteiger partial charge in [0.05, 0.1) is 11.9 Å². The van der Waals surface area contributed by atoms with Gasteiger partial charge in [-0.25, -0.2) is 9.97 Å². The van der Waals surface area contributed by atoms with Gasteiger partial charge in [-0.3, -0.25) is 4.79 Å². The molecule has 1 saturated carbocycles. The molecule has 3 aromatic rings. The number of amides is 1. The van der Waals surface area contributed by atoms with Gasteiger partial charge in [0.15, 0.2) is 0 Å². The molecule has 1 aliphatic rings. The van der Waals surface area contributed by atoms with Crippen molar-refractivity contribution in [2.75, 3.05) is 25.5 Å². The zero-order chi connectivity index (χ0) is 27.0. The molecule has 0 unspecified atom stereocenters. The van der Waals surface area contributed by atoms with E-state index in [-0.39, 0.29) is 29.0 Å². The fraction of sp³-hybridized carbons (Fsp3) is 0.464. The molecule has 9 heteroatoms. The van der Waals surface area contributed by atoms with Crippen LogP contribution in [0.25, 0.3) is 10.9 Å². The Morgan fingerprint density at radius 3 is 2.43 bits per heavy atom. The van der Waals surface area contributed by atoms with E-state index >= 15 is 0 Å². The SMILES string of the molecule is CC1CCC(CNC(=O)Cc2cccc(SC(F)(F)F)c2)CC1.Cc1nc(N(C)C)c2ccccc2n1. The van der Waals surface area contributed by atoms with Crippen molar-refractivity contribution in [2.45, 2.75) is 56.4 Å². The number of nitrogens with one attached hydrogen (secondary N) is 1. The van der Waals surface area contributed by atoms with E-state index in [1.807, 2.05) is 50.2 Å². The molecule has 0 atom stereocenters. The van der Waals surface area contributed by atoms with Gasteiger partial charge < -0.3 is 10.2 Å².